The number of esters is 3. The first-order valence-corrected chi connectivity index (χ1v) is 12.0. The lowest BCUT2D eigenvalue weighted by Crippen LogP contribution is -2.46. The molecule has 0 saturated carbocycles. The van der Waals surface area contributed by atoms with Crippen LogP contribution in [0.4, 0.5) is 0 Å². The summed E-state index contributed by atoms with van der Waals surface area (Å²) < 4.78 is 14.4. The van der Waals surface area contributed by atoms with Gasteiger partial charge in [-0.15, -0.1) is 0 Å². The van der Waals surface area contributed by atoms with Gasteiger partial charge in [0, 0.05) is 13.8 Å². The number of ether oxygens (including phenoxy) is 3. The van der Waals surface area contributed by atoms with E-state index in [-0.39, 0.29) is 6.61 Å². The Hall–Kier alpha value is -2.12. The molecule has 0 spiro atoms. The smallest absolute Gasteiger partial charge is 0.352 e. The molecule has 0 saturated heterocycles. The zero-order valence-corrected chi connectivity index (χ0v) is 20.1. The summed E-state index contributed by atoms with van der Waals surface area (Å²) in [5.41, 5.74) is 0. The van der Waals surface area contributed by atoms with Gasteiger partial charge in [-0.2, -0.15) is 0 Å². The minimum absolute atomic E-state index is 0.0844. The van der Waals surface area contributed by atoms with Crippen LogP contribution in [0, 0.1) is 0 Å². The molecular formula is C24H42O8. The number of carboxylic acids is 1. The molecule has 0 rings (SSSR count). The van der Waals surface area contributed by atoms with Gasteiger partial charge in [-0.3, -0.25) is 9.59 Å². The average Bonchev–Trinajstić information content (AvgIpc) is 2.72. The highest BCUT2D eigenvalue weighted by molar-refractivity contribution is 5.88. The fraction of sp³-hybridized carbons (Fsp3) is 0.833. The number of aliphatic carboxylic acids is 1. The van der Waals surface area contributed by atoms with E-state index in [0.717, 1.165) is 33.1 Å². The molecule has 0 aliphatic heterocycles. The van der Waals surface area contributed by atoms with E-state index >= 15 is 0 Å². The van der Waals surface area contributed by atoms with Crippen LogP contribution in [0.5, 0.6) is 0 Å². The van der Waals surface area contributed by atoms with Crippen molar-refractivity contribution in [3.63, 3.8) is 0 Å². The summed E-state index contributed by atoms with van der Waals surface area (Å²) in [5.74, 6) is -4.42. The van der Waals surface area contributed by atoms with Gasteiger partial charge in [0.25, 0.3) is 0 Å². The number of hydrogen-bond donors (Lipinski definition) is 1. The molecule has 0 aliphatic carbocycles. The van der Waals surface area contributed by atoms with Crippen LogP contribution in [0.2, 0.25) is 0 Å². The van der Waals surface area contributed by atoms with Gasteiger partial charge >= 0.3 is 23.9 Å². The maximum absolute atomic E-state index is 12.2. The van der Waals surface area contributed by atoms with Gasteiger partial charge < -0.3 is 19.3 Å². The number of carboxylic acid groups (broad SMARTS) is 1. The van der Waals surface area contributed by atoms with Gasteiger partial charge in [0.2, 0.25) is 12.2 Å². The molecule has 0 aromatic rings. The molecule has 0 heterocycles. The van der Waals surface area contributed by atoms with E-state index in [4.69, 9.17) is 9.47 Å². The summed E-state index contributed by atoms with van der Waals surface area (Å²) in [7, 11) is 0. The Morgan fingerprint density at radius 2 is 1.00 bits per heavy atom. The van der Waals surface area contributed by atoms with Gasteiger partial charge in [0.05, 0.1) is 6.61 Å². The van der Waals surface area contributed by atoms with Crippen LogP contribution in [-0.2, 0) is 33.4 Å². The van der Waals surface area contributed by atoms with Crippen molar-refractivity contribution in [2.45, 2.75) is 123 Å². The van der Waals surface area contributed by atoms with Gasteiger partial charge in [0.15, 0.2) is 0 Å². The molecule has 32 heavy (non-hydrogen) atoms. The Morgan fingerprint density at radius 3 is 1.38 bits per heavy atom. The summed E-state index contributed by atoms with van der Waals surface area (Å²) in [5, 5.41) is 9.18. The first kappa shape index (κ1) is 29.9. The molecule has 0 unspecified atom stereocenters. The third kappa shape index (κ3) is 16.6. The monoisotopic (exact) mass is 458 g/mol. The van der Waals surface area contributed by atoms with E-state index in [0.29, 0.717) is 6.42 Å². The number of carbonyl (C=O) groups excluding carboxylic acids is 3. The van der Waals surface area contributed by atoms with Gasteiger partial charge in [-0.1, -0.05) is 90.4 Å². The summed E-state index contributed by atoms with van der Waals surface area (Å²) in [6.07, 6.45) is 13.0. The van der Waals surface area contributed by atoms with E-state index in [9.17, 15) is 24.3 Å². The van der Waals surface area contributed by atoms with Crippen molar-refractivity contribution >= 4 is 23.9 Å². The quantitative estimate of drug-likeness (QED) is 0.155. The summed E-state index contributed by atoms with van der Waals surface area (Å²) in [4.78, 5) is 45.8. The summed E-state index contributed by atoms with van der Waals surface area (Å²) in [6, 6.07) is 0. The lowest BCUT2D eigenvalue weighted by atomic mass is 10.0. The molecule has 186 valence electrons. The van der Waals surface area contributed by atoms with Crippen LogP contribution in [-0.4, -0.2) is 47.8 Å². The Kier molecular flexibility index (Phi) is 18.3. The highest BCUT2D eigenvalue weighted by Gasteiger charge is 2.40. The van der Waals surface area contributed by atoms with Crippen LogP contribution in [0.3, 0.4) is 0 Å². The van der Waals surface area contributed by atoms with Crippen LogP contribution < -0.4 is 0 Å². The second kappa shape index (κ2) is 19.6. The van der Waals surface area contributed by atoms with Crippen molar-refractivity contribution in [1.82, 2.24) is 0 Å². The van der Waals surface area contributed by atoms with Crippen molar-refractivity contribution in [3.8, 4) is 0 Å². The zero-order chi connectivity index (χ0) is 24.2. The van der Waals surface area contributed by atoms with Gasteiger partial charge in [-0.05, 0) is 6.42 Å². The van der Waals surface area contributed by atoms with Gasteiger partial charge in [0.1, 0.15) is 0 Å². The number of hydrogen-bond acceptors (Lipinski definition) is 7. The first-order valence-electron chi connectivity index (χ1n) is 12.0. The predicted molar refractivity (Wildman–Crippen MR) is 120 cm³/mol. The van der Waals surface area contributed by atoms with Crippen molar-refractivity contribution in [2.75, 3.05) is 6.61 Å². The minimum atomic E-state index is -1.94. The molecular weight excluding hydrogens is 416 g/mol. The summed E-state index contributed by atoms with van der Waals surface area (Å²) in [6.45, 7) is 4.35. The fourth-order valence-corrected chi connectivity index (χ4v) is 3.38. The minimum Gasteiger partial charge on any atom is -0.478 e. The van der Waals surface area contributed by atoms with Crippen molar-refractivity contribution in [2.24, 2.45) is 0 Å². The standard InChI is InChI=1S/C24H42O8/c1-4-5-6-7-8-9-10-11-12-13-14-15-16-17-18-30-24(29)22(32-20(3)26)21(23(27)28)31-19(2)25/h21-22H,4-18H2,1-3H3,(H,27,28)/t21-,22-/m1/s1. The maximum Gasteiger partial charge on any atom is 0.352 e. The van der Waals surface area contributed by atoms with E-state index in [2.05, 4.69) is 11.7 Å². The molecule has 0 fully saturated rings. The van der Waals surface area contributed by atoms with Crippen molar-refractivity contribution in [3.05, 3.63) is 0 Å². The van der Waals surface area contributed by atoms with E-state index in [1.807, 2.05) is 0 Å². The van der Waals surface area contributed by atoms with E-state index in [1.54, 1.807) is 0 Å². The van der Waals surface area contributed by atoms with Crippen LogP contribution in [0.1, 0.15) is 111 Å². The lowest BCUT2D eigenvalue weighted by Gasteiger charge is -2.21. The second-order valence-electron chi connectivity index (χ2n) is 8.16. The molecule has 0 aromatic heterocycles. The highest BCUT2D eigenvalue weighted by Crippen LogP contribution is 2.14. The maximum atomic E-state index is 12.2. The third-order valence-corrected chi connectivity index (χ3v) is 5.08. The summed E-state index contributed by atoms with van der Waals surface area (Å²) >= 11 is 0. The Balaban J connectivity index is 3.93. The molecule has 0 aliphatic rings. The topological polar surface area (TPSA) is 116 Å². The largest absolute Gasteiger partial charge is 0.478 e. The molecule has 0 radical (unpaired) electrons. The van der Waals surface area contributed by atoms with Crippen LogP contribution in [0.15, 0.2) is 0 Å². The SMILES string of the molecule is CCCCCCCCCCCCCCCCOC(=O)[C@H](OC(C)=O)[C@@H](OC(C)=O)C(=O)O. The van der Waals surface area contributed by atoms with Gasteiger partial charge in [-0.25, -0.2) is 9.59 Å². The molecule has 8 nitrogen and oxygen atoms in total. The van der Waals surface area contributed by atoms with Crippen molar-refractivity contribution < 1.29 is 38.5 Å². The van der Waals surface area contributed by atoms with Crippen LogP contribution in [0.25, 0.3) is 0 Å². The Bertz CT molecular complexity index is 546. The zero-order valence-electron chi connectivity index (χ0n) is 20.1. The number of carbonyl (C=O) groups is 4. The second-order valence-corrected chi connectivity index (χ2v) is 8.16. The fourth-order valence-electron chi connectivity index (χ4n) is 3.38. The first-order chi connectivity index (χ1) is 15.3. The third-order valence-electron chi connectivity index (χ3n) is 5.08. The molecule has 0 aromatic carbocycles. The molecule has 8 heteroatoms. The normalized spacial score (nSPS) is 12.6. The number of rotatable bonds is 20. The molecule has 0 bridgehead atoms. The highest BCUT2D eigenvalue weighted by atomic mass is 16.6. The number of unbranched alkanes of at least 4 members (excludes halogenated alkanes) is 13. The Morgan fingerprint density at radius 1 is 0.625 bits per heavy atom. The van der Waals surface area contributed by atoms with E-state index < -0.39 is 36.1 Å². The van der Waals surface area contributed by atoms with Crippen LogP contribution >= 0.6 is 0 Å². The average molecular weight is 459 g/mol. The van der Waals surface area contributed by atoms with E-state index in [1.165, 1.54) is 64.2 Å². The molecule has 2 atom stereocenters. The molecule has 1 N–H and O–H groups in total. The molecule has 0 amide bonds. The lowest BCUT2D eigenvalue weighted by molar-refractivity contribution is -0.188. The van der Waals surface area contributed by atoms with Crippen molar-refractivity contribution in [1.29, 1.82) is 0 Å². The Labute approximate surface area is 192 Å². The predicted octanol–water partition coefficient (Wildman–Crippen LogP) is 4.96.